The minimum absolute atomic E-state index is 0.304. The zero-order valence-electron chi connectivity index (χ0n) is 7.90. The van der Waals surface area contributed by atoms with Crippen LogP contribution in [0.2, 0.25) is 0 Å². The molecule has 1 unspecified atom stereocenters. The summed E-state index contributed by atoms with van der Waals surface area (Å²) in [4.78, 5) is 0. The Hall–Kier alpha value is -0.860. The van der Waals surface area contributed by atoms with Gasteiger partial charge in [0, 0.05) is 12.5 Å². The second-order valence-electron chi connectivity index (χ2n) is 3.26. The van der Waals surface area contributed by atoms with Crippen LogP contribution in [0, 0.1) is 5.92 Å². The van der Waals surface area contributed by atoms with Gasteiger partial charge >= 0.3 is 0 Å². The molecule has 71 valence electrons. The van der Waals surface area contributed by atoms with E-state index in [0.717, 1.165) is 12.3 Å². The van der Waals surface area contributed by atoms with E-state index < -0.39 is 6.10 Å². The van der Waals surface area contributed by atoms with E-state index in [2.05, 4.69) is 0 Å². The molecule has 1 aromatic carbocycles. The van der Waals surface area contributed by atoms with E-state index in [-0.39, 0.29) is 0 Å². The first-order chi connectivity index (χ1) is 6.24. The Kier molecular flexibility index (Phi) is 3.93. The molecule has 0 amide bonds. The van der Waals surface area contributed by atoms with Crippen LogP contribution in [-0.2, 0) is 6.42 Å². The van der Waals surface area contributed by atoms with Gasteiger partial charge in [0.05, 0.1) is 6.10 Å². The molecule has 1 atom stereocenters. The first-order valence-corrected chi connectivity index (χ1v) is 4.48. The molecule has 0 saturated heterocycles. The summed E-state index contributed by atoms with van der Waals surface area (Å²) in [5.74, 6) is 1.02. The summed E-state index contributed by atoms with van der Waals surface area (Å²) < 4.78 is 0. The fourth-order valence-electron chi connectivity index (χ4n) is 1.24. The molecule has 0 bridgehead atoms. The topological polar surface area (TPSA) is 46.2 Å². The number of rotatable bonds is 4. The Morgan fingerprint density at radius 2 is 2.00 bits per heavy atom. The van der Waals surface area contributed by atoms with E-state index >= 15 is 0 Å². The molecule has 3 N–H and O–H groups in total. The van der Waals surface area contributed by atoms with Gasteiger partial charge in [-0.3, -0.25) is 0 Å². The Balaban J connectivity index is 2.50. The van der Waals surface area contributed by atoms with Crippen molar-refractivity contribution in [2.75, 3.05) is 6.54 Å². The molecule has 0 aliphatic rings. The van der Waals surface area contributed by atoms with Crippen LogP contribution in [0.25, 0.3) is 0 Å². The lowest BCUT2D eigenvalue weighted by Gasteiger charge is -2.15. The van der Waals surface area contributed by atoms with Crippen molar-refractivity contribution in [1.29, 1.82) is 0 Å². The molecule has 1 radical (unpaired) electrons. The van der Waals surface area contributed by atoms with Gasteiger partial charge in [-0.1, -0.05) is 37.3 Å². The minimum Gasteiger partial charge on any atom is -0.391 e. The third-order valence-corrected chi connectivity index (χ3v) is 2.12. The van der Waals surface area contributed by atoms with Gasteiger partial charge in [-0.25, -0.2) is 0 Å². The van der Waals surface area contributed by atoms with Crippen molar-refractivity contribution in [3.63, 3.8) is 0 Å². The maximum absolute atomic E-state index is 9.43. The highest BCUT2D eigenvalue weighted by atomic mass is 16.3. The van der Waals surface area contributed by atoms with Crippen LogP contribution in [0.3, 0.4) is 0 Å². The second-order valence-corrected chi connectivity index (χ2v) is 3.26. The molecule has 1 aromatic rings. The molecule has 0 heterocycles. The number of aliphatic hydroxyl groups excluding tert-OH is 1. The Morgan fingerprint density at radius 1 is 1.38 bits per heavy atom. The van der Waals surface area contributed by atoms with Crippen molar-refractivity contribution in [3.05, 3.63) is 41.8 Å². The van der Waals surface area contributed by atoms with Gasteiger partial charge in [-0.15, -0.1) is 0 Å². The van der Waals surface area contributed by atoms with Crippen molar-refractivity contribution in [2.45, 2.75) is 19.4 Å². The molecule has 0 aliphatic heterocycles. The predicted octanol–water partition coefficient (Wildman–Crippen LogP) is 1.14. The van der Waals surface area contributed by atoms with E-state index in [0.29, 0.717) is 6.54 Å². The average molecular weight is 178 g/mol. The SMILES string of the molecule is C[C](Cc1ccccc1)C(O)CN. The monoisotopic (exact) mass is 178 g/mol. The lowest BCUT2D eigenvalue weighted by atomic mass is 9.96. The highest BCUT2D eigenvalue weighted by molar-refractivity contribution is 5.19. The fraction of sp³-hybridized carbons (Fsp3) is 0.364. The molecule has 1 rings (SSSR count). The van der Waals surface area contributed by atoms with Crippen molar-refractivity contribution in [3.8, 4) is 0 Å². The summed E-state index contributed by atoms with van der Waals surface area (Å²) in [5, 5.41) is 9.43. The summed E-state index contributed by atoms with van der Waals surface area (Å²) in [5.41, 5.74) is 6.57. The molecule has 0 fully saturated rings. The normalized spacial score (nSPS) is 13.2. The van der Waals surface area contributed by atoms with Crippen molar-refractivity contribution in [2.24, 2.45) is 5.73 Å². The van der Waals surface area contributed by atoms with Crippen LogP contribution in [0.1, 0.15) is 12.5 Å². The Labute approximate surface area is 79.4 Å². The lowest BCUT2D eigenvalue weighted by Crippen LogP contribution is -2.26. The smallest absolute Gasteiger partial charge is 0.0725 e. The summed E-state index contributed by atoms with van der Waals surface area (Å²) in [6, 6.07) is 10.1. The van der Waals surface area contributed by atoms with Gasteiger partial charge in [0.15, 0.2) is 0 Å². The van der Waals surface area contributed by atoms with Gasteiger partial charge < -0.3 is 10.8 Å². The Morgan fingerprint density at radius 3 is 2.54 bits per heavy atom. The number of nitrogens with two attached hydrogens (primary N) is 1. The highest BCUT2D eigenvalue weighted by Gasteiger charge is 2.12. The summed E-state index contributed by atoms with van der Waals surface area (Å²) in [6.07, 6.45) is 0.333. The van der Waals surface area contributed by atoms with Gasteiger partial charge in [0.2, 0.25) is 0 Å². The maximum atomic E-state index is 9.43. The van der Waals surface area contributed by atoms with Crippen LogP contribution >= 0.6 is 0 Å². The van der Waals surface area contributed by atoms with Crippen LogP contribution in [-0.4, -0.2) is 17.8 Å². The largest absolute Gasteiger partial charge is 0.391 e. The van der Waals surface area contributed by atoms with Crippen LogP contribution in [0.4, 0.5) is 0 Å². The predicted molar refractivity (Wildman–Crippen MR) is 54.1 cm³/mol. The van der Waals surface area contributed by atoms with Crippen LogP contribution < -0.4 is 5.73 Å². The number of aliphatic hydroxyl groups is 1. The minimum atomic E-state index is -0.472. The quantitative estimate of drug-likeness (QED) is 0.726. The maximum Gasteiger partial charge on any atom is 0.0725 e. The lowest BCUT2D eigenvalue weighted by molar-refractivity contribution is 0.193. The van der Waals surface area contributed by atoms with Crippen molar-refractivity contribution >= 4 is 0 Å². The molecule has 0 spiro atoms. The van der Waals surface area contributed by atoms with E-state index in [4.69, 9.17) is 5.73 Å². The molecule has 0 aromatic heterocycles. The third-order valence-electron chi connectivity index (χ3n) is 2.12. The van der Waals surface area contributed by atoms with Gasteiger partial charge in [0.25, 0.3) is 0 Å². The van der Waals surface area contributed by atoms with E-state index in [9.17, 15) is 5.11 Å². The molecule has 2 heteroatoms. The standard InChI is InChI=1S/C11H16NO/c1-9(11(13)8-12)7-10-5-3-2-4-6-10/h2-6,11,13H,7-8,12H2,1H3. The summed E-state index contributed by atoms with van der Waals surface area (Å²) in [7, 11) is 0. The first kappa shape index (κ1) is 10.2. The number of hydrogen-bond donors (Lipinski definition) is 2. The van der Waals surface area contributed by atoms with Crippen LogP contribution in [0.15, 0.2) is 30.3 Å². The van der Waals surface area contributed by atoms with Crippen molar-refractivity contribution < 1.29 is 5.11 Å². The summed E-state index contributed by atoms with van der Waals surface area (Å²) in [6.45, 7) is 2.24. The molecular weight excluding hydrogens is 162 g/mol. The average Bonchev–Trinajstić information content (AvgIpc) is 2.18. The summed E-state index contributed by atoms with van der Waals surface area (Å²) >= 11 is 0. The molecule has 13 heavy (non-hydrogen) atoms. The van der Waals surface area contributed by atoms with E-state index in [1.165, 1.54) is 5.56 Å². The molecule has 0 aliphatic carbocycles. The van der Waals surface area contributed by atoms with Gasteiger partial charge in [-0.05, 0) is 12.0 Å². The Bertz CT molecular complexity index is 235. The second kappa shape index (κ2) is 5.00. The zero-order chi connectivity index (χ0) is 9.68. The van der Waals surface area contributed by atoms with Gasteiger partial charge in [-0.2, -0.15) is 0 Å². The third kappa shape index (κ3) is 3.17. The molecule has 0 saturated carbocycles. The molecular formula is C11H16NO. The fourth-order valence-corrected chi connectivity index (χ4v) is 1.24. The highest BCUT2D eigenvalue weighted by Crippen LogP contribution is 2.12. The molecule has 2 nitrogen and oxygen atoms in total. The first-order valence-electron chi connectivity index (χ1n) is 4.48. The van der Waals surface area contributed by atoms with Gasteiger partial charge in [0.1, 0.15) is 0 Å². The number of hydrogen-bond acceptors (Lipinski definition) is 2. The van der Waals surface area contributed by atoms with Crippen LogP contribution in [0.5, 0.6) is 0 Å². The van der Waals surface area contributed by atoms with E-state index in [1.54, 1.807) is 0 Å². The number of benzene rings is 1. The van der Waals surface area contributed by atoms with Crippen molar-refractivity contribution in [1.82, 2.24) is 0 Å². The van der Waals surface area contributed by atoms with E-state index in [1.807, 2.05) is 37.3 Å². The zero-order valence-corrected chi connectivity index (χ0v) is 7.90.